The highest BCUT2D eigenvalue weighted by Crippen LogP contribution is 2.19. The topological polar surface area (TPSA) is 74.8 Å². The van der Waals surface area contributed by atoms with Crippen molar-refractivity contribution < 1.29 is 9.59 Å². The molecule has 0 spiro atoms. The van der Waals surface area contributed by atoms with E-state index in [4.69, 9.17) is 0 Å². The summed E-state index contributed by atoms with van der Waals surface area (Å²) >= 11 is 1.17. The fraction of sp³-hybridized carbons (Fsp3) is 0.0714. The van der Waals surface area contributed by atoms with Crippen LogP contribution in [0.15, 0.2) is 36.4 Å². The number of thiophene rings is 1. The second kappa shape index (κ2) is 4.90. The quantitative estimate of drug-likeness (QED) is 0.726. The Kier molecular flexibility index (Phi) is 3.08. The Hall–Kier alpha value is -2.47. The number of H-pyrrole nitrogens is 1. The number of hydrogen-bond acceptors (Lipinski definition) is 4. The minimum atomic E-state index is -0.276. The smallest absolute Gasteiger partial charge is 0.268 e. The molecule has 0 aliphatic rings. The third-order valence-electron chi connectivity index (χ3n) is 2.80. The number of rotatable bonds is 3. The highest BCUT2D eigenvalue weighted by molar-refractivity contribution is 7.16. The number of hydrogen-bond donors (Lipinski definition) is 2. The number of nitrogens with zero attached hydrogens (tertiary/aromatic N) is 1. The van der Waals surface area contributed by atoms with E-state index in [9.17, 15) is 9.59 Å². The van der Waals surface area contributed by atoms with E-state index >= 15 is 0 Å². The summed E-state index contributed by atoms with van der Waals surface area (Å²) < 4.78 is 0. The maximum absolute atomic E-state index is 12.1. The van der Waals surface area contributed by atoms with Crippen LogP contribution in [0, 0.1) is 0 Å². The van der Waals surface area contributed by atoms with E-state index in [0.29, 0.717) is 15.7 Å². The first kappa shape index (κ1) is 12.6. The van der Waals surface area contributed by atoms with Crippen LogP contribution in [0.25, 0.3) is 11.0 Å². The molecule has 1 amide bonds. The van der Waals surface area contributed by atoms with Crippen molar-refractivity contribution in [2.24, 2.45) is 0 Å². The molecular weight excluding hydrogens is 274 g/mol. The molecule has 0 saturated heterocycles. The van der Waals surface area contributed by atoms with Gasteiger partial charge in [-0.2, -0.15) is 0 Å². The van der Waals surface area contributed by atoms with Crippen LogP contribution >= 0.6 is 11.3 Å². The van der Waals surface area contributed by atoms with Gasteiger partial charge in [0.15, 0.2) is 5.78 Å². The number of imidazole rings is 1. The number of ketones is 1. The number of fused-ring (bicyclic) bond motifs is 1. The van der Waals surface area contributed by atoms with Crippen molar-refractivity contribution in [2.75, 3.05) is 5.32 Å². The van der Waals surface area contributed by atoms with Crippen LogP contribution in [0.4, 0.5) is 5.95 Å². The molecular formula is C14H11N3O2S. The Morgan fingerprint density at radius 2 is 1.90 bits per heavy atom. The molecule has 3 rings (SSSR count). The maximum atomic E-state index is 12.1. The van der Waals surface area contributed by atoms with Crippen molar-refractivity contribution >= 4 is 40.0 Å². The Bertz CT molecular complexity index is 770. The number of anilines is 1. The second-order valence-corrected chi connectivity index (χ2v) is 5.36. The fourth-order valence-corrected chi connectivity index (χ4v) is 2.63. The molecule has 2 aromatic heterocycles. The number of amides is 1. The molecule has 0 saturated carbocycles. The van der Waals surface area contributed by atoms with E-state index in [1.54, 1.807) is 12.1 Å². The van der Waals surface area contributed by atoms with E-state index in [0.717, 1.165) is 11.0 Å². The summed E-state index contributed by atoms with van der Waals surface area (Å²) in [5.41, 5.74) is 1.65. The van der Waals surface area contributed by atoms with E-state index in [1.807, 2.05) is 24.3 Å². The van der Waals surface area contributed by atoms with Crippen molar-refractivity contribution in [3.05, 3.63) is 46.2 Å². The average Bonchev–Trinajstić information content (AvgIpc) is 3.04. The van der Waals surface area contributed by atoms with Gasteiger partial charge in [0.2, 0.25) is 5.95 Å². The largest absolute Gasteiger partial charge is 0.324 e. The zero-order chi connectivity index (χ0) is 14.1. The van der Waals surface area contributed by atoms with Gasteiger partial charge in [0.25, 0.3) is 5.91 Å². The van der Waals surface area contributed by atoms with Gasteiger partial charge in [-0.15, -0.1) is 11.3 Å². The van der Waals surface area contributed by atoms with E-state index < -0.39 is 0 Å². The second-order valence-electron chi connectivity index (χ2n) is 4.28. The molecule has 0 aliphatic carbocycles. The predicted molar refractivity (Wildman–Crippen MR) is 78.4 cm³/mol. The molecule has 1 aromatic carbocycles. The molecule has 0 fully saturated rings. The molecule has 2 heterocycles. The summed E-state index contributed by atoms with van der Waals surface area (Å²) in [6.45, 7) is 1.48. The summed E-state index contributed by atoms with van der Waals surface area (Å²) in [5, 5.41) is 2.69. The first-order valence-electron chi connectivity index (χ1n) is 6.00. The van der Waals surface area contributed by atoms with Crippen LogP contribution in [-0.4, -0.2) is 21.7 Å². The highest BCUT2D eigenvalue weighted by Gasteiger charge is 2.13. The Morgan fingerprint density at radius 1 is 1.15 bits per heavy atom. The molecule has 2 N–H and O–H groups in total. The van der Waals surface area contributed by atoms with Gasteiger partial charge in [-0.05, 0) is 31.2 Å². The normalized spacial score (nSPS) is 10.7. The summed E-state index contributed by atoms with van der Waals surface area (Å²) in [7, 11) is 0. The summed E-state index contributed by atoms with van der Waals surface area (Å²) in [5.74, 6) is 0.0771. The van der Waals surface area contributed by atoms with Gasteiger partial charge in [-0.1, -0.05) is 12.1 Å². The molecule has 0 aliphatic heterocycles. The lowest BCUT2D eigenvalue weighted by molar-refractivity contribution is 0.101. The molecule has 0 unspecified atom stereocenters. The monoisotopic (exact) mass is 285 g/mol. The van der Waals surface area contributed by atoms with Crippen molar-refractivity contribution in [1.82, 2.24) is 9.97 Å². The molecule has 5 nitrogen and oxygen atoms in total. The van der Waals surface area contributed by atoms with Crippen molar-refractivity contribution in [3.63, 3.8) is 0 Å². The molecule has 0 radical (unpaired) electrons. The van der Waals surface area contributed by atoms with Crippen LogP contribution < -0.4 is 5.32 Å². The minimum Gasteiger partial charge on any atom is -0.324 e. The first-order valence-corrected chi connectivity index (χ1v) is 6.82. The summed E-state index contributed by atoms with van der Waals surface area (Å²) in [6, 6.07) is 10.8. The number of Topliss-reactive ketones (excluding diaryl/α,β-unsaturated/α-hetero) is 1. The van der Waals surface area contributed by atoms with E-state index in [2.05, 4.69) is 15.3 Å². The van der Waals surface area contributed by atoms with Crippen LogP contribution in [0.1, 0.15) is 26.3 Å². The Morgan fingerprint density at radius 3 is 2.60 bits per heavy atom. The number of aromatic amines is 1. The van der Waals surface area contributed by atoms with Gasteiger partial charge in [0, 0.05) is 0 Å². The number of benzene rings is 1. The van der Waals surface area contributed by atoms with Crippen molar-refractivity contribution in [1.29, 1.82) is 0 Å². The molecule has 20 heavy (non-hydrogen) atoms. The predicted octanol–water partition coefficient (Wildman–Crippen LogP) is 3.08. The lowest BCUT2D eigenvalue weighted by Crippen LogP contribution is -2.11. The average molecular weight is 285 g/mol. The molecule has 3 aromatic rings. The standard InChI is InChI=1S/C14H11N3O2S/c1-8(18)11-6-7-12(20-11)13(19)17-14-15-9-4-2-3-5-10(9)16-14/h2-7H,1H3,(H2,15,16,17,19). The highest BCUT2D eigenvalue weighted by atomic mass is 32.1. The third-order valence-corrected chi connectivity index (χ3v) is 3.98. The lowest BCUT2D eigenvalue weighted by atomic mass is 10.3. The van der Waals surface area contributed by atoms with E-state index in [-0.39, 0.29) is 11.7 Å². The van der Waals surface area contributed by atoms with Gasteiger partial charge in [-0.3, -0.25) is 14.9 Å². The van der Waals surface area contributed by atoms with Crippen molar-refractivity contribution in [3.8, 4) is 0 Å². The number of carbonyl (C=O) groups is 2. The van der Waals surface area contributed by atoms with Crippen molar-refractivity contribution in [2.45, 2.75) is 6.92 Å². The Labute approximate surface area is 118 Å². The van der Waals surface area contributed by atoms with Gasteiger partial charge >= 0.3 is 0 Å². The zero-order valence-corrected chi connectivity index (χ0v) is 11.5. The molecule has 100 valence electrons. The number of aromatic nitrogens is 2. The molecule has 6 heteroatoms. The molecule has 0 bridgehead atoms. The number of nitrogens with one attached hydrogen (secondary N) is 2. The van der Waals surface area contributed by atoms with Crippen LogP contribution in [0.2, 0.25) is 0 Å². The van der Waals surface area contributed by atoms with Gasteiger partial charge in [-0.25, -0.2) is 4.98 Å². The van der Waals surface area contributed by atoms with Crippen LogP contribution in [0.5, 0.6) is 0 Å². The van der Waals surface area contributed by atoms with Gasteiger partial charge in [0.1, 0.15) is 0 Å². The minimum absolute atomic E-state index is 0.0437. The lowest BCUT2D eigenvalue weighted by Gasteiger charge is -1.97. The first-order chi connectivity index (χ1) is 9.63. The molecule has 0 atom stereocenters. The van der Waals surface area contributed by atoms with Gasteiger partial charge < -0.3 is 4.98 Å². The Balaban J connectivity index is 1.82. The summed E-state index contributed by atoms with van der Waals surface area (Å²) in [6.07, 6.45) is 0. The number of carbonyl (C=O) groups excluding carboxylic acids is 2. The van der Waals surface area contributed by atoms with Crippen LogP contribution in [-0.2, 0) is 0 Å². The fourth-order valence-electron chi connectivity index (χ4n) is 1.83. The third kappa shape index (κ3) is 2.33. The zero-order valence-electron chi connectivity index (χ0n) is 10.6. The number of para-hydroxylation sites is 2. The maximum Gasteiger partial charge on any atom is 0.268 e. The van der Waals surface area contributed by atoms with Crippen LogP contribution in [0.3, 0.4) is 0 Å². The van der Waals surface area contributed by atoms with E-state index in [1.165, 1.54) is 18.3 Å². The summed E-state index contributed by atoms with van der Waals surface area (Å²) in [4.78, 5) is 31.6. The van der Waals surface area contributed by atoms with Gasteiger partial charge in [0.05, 0.1) is 20.8 Å². The SMILES string of the molecule is CC(=O)c1ccc(C(=O)Nc2nc3ccccc3[nH]2)s1.